The summed E-state index contributed by atoms with van der Waals surface area (Å²) < 4.78 is 5.41. The molecule has 102 valence electrons. The van der Waals surface area contributed by atoms with Crippen LogP contribution in [0.5, 0.6) is 5.75 Å². The van der Waals surface area contributed by atoms with E-state index in [-0.39, 0.29) is 11.7 Å². The Balaban J connectivity index is 1.89. The fourth-order valence-corrected chi connectivity index (χ4v) is 3.61. The van der Waals surface area contributed by atoms with Gasteiger partial charge in [-0.15, -0.1) is 11.8 Å². The van der Waals surface area contributed by atoms with Crippen LogP contribution in [0.25, 0.3) is 0 Å². The highest BCUT2D eigenvalue weighted by molar-refractivity contribution is 7.99. The lowest BCUT2D eigenvalue weighted by molar-refractivity contribution is 0.0967. The molecule has 1 aliphatic heterocycles. The summed E-state index contributed by atoms with van der Waals surface area (Å²) in [6, 6.07) is 9.89. The zero-order chi connectivity index (χ0) is 13.9. The average Bonchev–Trinajstić information content (AvgIpc) is 2.91. The van der Waals surface area contributed by atoms with Gasteiger partial charge in [-0.25, -0.2) is 0 Å². The molecule has 1 aliphatic rings. The molecule has 1 atom stereocenters. The summed E-state index contributed by atoms with van der Waals surface area (Å²) in [4.78, 5) is 18.0. The third-order valence-corrected chi connectivity index (χ3v) is 4.51. The highest BCUT2D eigenvalue weighted by Gasteiger charge is 2.29. The minimum absolute atomic E-state index is 0.0742. The molecular formula is C16H15NO2S. The minimum atomic E-state index is -0.0742. The van der Waals surface area contributed by atoms with Crippen molar-refractivity contribution in [3.05, 3.63) is 53.9 Å². The van der Waals surface area contributed by atoms with Gasteiger partial charge in [0.2, 0.25) is 0 Å². The Morgan fingerprint density at radius 3 is 3.10 bits per heavy atom. The number of pyridine rings is 1. The zero-order valence-corrected chi connectivity index (χ0v) is 12.0. The van der Waals surface area contributed by atoms with Crippen molar-refractivity contribution in [1.82, 2.24) is 4.98 Å². The van der Waals surface area contributed by atoms with Gasteiger partial charge < -0.3 is 4.74 Å². The largest absolute Gasteiger partial charge is 0.492 e. The van der Waals surface area contributed by atoms with Crippen LogP contribution >= 0.6 is 11.8 Å². The van der Waals surface area contributed by atoms with Crippen LogP contribution in [0.2, 0.25) is 0 Å². The van der Waals surface area contributed by atoms with Crippen molar-refractivity contribution in [3.8, 4) is 5.75 Å². The molecule has 0 N–H and O–H groups in total. The topological polar surface area (TPSA) is 39.2 Å². The molecule has 0 bridgehead atoms. The van der Waals surface area contributed by atoms with Crippen LogP contribution in [0.15, 0.2) is 47.6 Å². The number of ketones is 1. The van der Waals surface area contributed by atoms with Gasteiger partial charge in [-0.05, 0) is 24.6 Å². The van der Waals surface area contributed by atoms with E-state index in [1.54, 1.807) is 30.2 Å². The highest BCUT2D eigenvalue weighted by Crippen LogP contribution is 2.40. The van der Waals surface area contributed by atoms with Crippen molar-refractivity contribution in [2.24, 2.45) is 0 Å². The normalized spacial score (nSPS) is 16.8. The Kier molecular flexibility index (Phi) is 3.74. The molecule has 4 heteroatoms. The lowest BCUT2D eigenvalue weighted by Gasteiger charge is -2.10. The molecule has 1 unspecified atom stereocenters. The first kappa shape index (κ1) is 13.2. The summed E-state index contributed by atoms with van der Waals surface area (Å²) in [5, 5.41) is 0. The number of thioether (sulfide) groups is 1. The van der Waals surface area contributed by atoms with Crippen LogP contribution < -0.4 is 4.74 Å². The van der Waals surface area contributed by atoms with Gasteiger partial charge >= 0.3 is 0 Å². The first-order valence-electron chi connectivity index (χ1n) is 6.63. The summed E-state index contributed by atoms with van der Waals surface area (Å²) in [6.07, 6.45) is 3.26. The lowest BCUT2D eigenvalue weighted by atomic mass is 9.93. The molecule has 2 heterocycles. The summed E-state index contributed by atoms with van der Waals surface area (Å²) >= 11 is 1.74. The summed E-state index contributed by atoms with van der Waals surface area (Å²) in [5.74, 6) is 1.50. The summed E-state index contributed by atoms with van der Waals surface area (Å²) in [6.45, 7) is 2.49. The number of Topliss-reactive ketones (excluding diaryl/α,β-unsaturated/α-hetero) is 1. The molecule has 0 saturated carbocycles. The molecule has 2 aromatic rings. The van der Waals surface area contributed by atoms with Crippen molar-refractivity contribution in [3.63, 3.8) is 0 Å². The van der Waals surface area contributed by atoms with Gasteiger partial charge in [-0.2, -0.15) is 0 Å². The molecular weight excluding hydrogens is 270 g/mol. The molecule has 3 nitrogen and oxygen atoms in total. The van der Waals surface area contributed by atoms with Crippen molar-refractivity contribution in [1.29, 1.82) is 0 Å². The molecule has 0 fully saturated rings. The van der Waals surface area contributed by atoms with E-state index in [0.29, 0.717) is 17.9 Å². The van der Waals surface area contributed by atoms with Gasteiger partial charge in [-0.1, -0.05) is 18.2 Å². The number of carbonyl (C=O) groups excluding carboxylic acids is 1. The van der Waals surface area contributed by atoms with Crippen molar-refractivity contribution in [2.75, 3.05) is 12.4 Å². The van der Waals surface area contributed by atoms with Gasteiger partial charge in [0.15, 0.2) is 5.78 Å². The first-order valence-corrected chi connectivity index (χ1v) is 7.62. The molecule has 1 aromatic heterocycles. The fourth-order valence-electron chi connectivity index (χ4n) is 2.38. The van der Waals surface area contributed by atoms with Crippen molar-refractivity contribution in [2.45, 2.75) is 17.7 Å². The number of hydrogen-bond acceptors (Lipinski definition) is 4. The van der Waals surface area contributed by atoms with Gasteiger partial charge in [-0.3, -0.25) is 9.78 Å². The Morgan fingerprint density at radius 2 is 2.25 bits per heavy atom. The van der Waals surface area contributed by atoms with Gasteiger partial charge in [0.05, 0.1) is 18.7 Å². The zero-order valence-electron chi connectivity index (χ0n) is 11.2. The standard InChI is InChI=1S/C16H15NO2S/c1-2-19-12-7-11(8-17-9-12)16(18)14-10-20-15-6-4-3-5-13(14)15/h3-9,14H,2,10H2,1H3. The van der Waals surface area contributed by atoms with Crippen molar-refractivity contribution < 1.29 is 9.53 Å². The van der Waals surface area contributed by atoms with Crippen LogP contribution in [-0.4, -0.2) is 23.1 Å². The van der Waals surface area contributed by atoms with Gasteiger partial charge in [0.1, 0.15) is 5.75 Å². The Labute approximate surface area is 122 Å². The number of nitrogens with zero attached hydrogens (tertiary/aromatic N) is 1. The Morgan fingerprint density at radius 1 is 1.40 bits per heavy atom. The molecule has 0 radical (unpaired) electrons. The second kappa shape index (κ2) is 5.67. The SMILES string of the molecule is CCOc1cncc(C(=O)C2CSc3ccccc32)c1. The second-order valence-electron chi connectivity index (χ2n) is 4.61. The van der Waals surface area contributed by atoms with Crippen LogP contribution in [0, 0.1) is 0 Å². The predicted molar refractivity (Wildman–Crippen MR) is 79.6 cm³/mol. The number of rotatable bonds is 4. The quantitative estimate of drug-likeness (QED) is 0.805. The van der Waals surface area contributed by atoms with E-state index in [0.717, 1.165) is 11.3 Å². The molecule has 0 amide bonds. The van der Waals surface area contributed by atoms with Crippen LogP contribution in [0.4, 0.5) is 0 Å². The van der Waals surface area contributed by atoms with E-state index in [4.69, 9.17) is 4.74 Å². The number of aromatic nitrogens is 1. The van der Waals surface area contributed by atoms with E-state index in [9.17, 15) is 4.79 Å². The number of ether oxygens (including phenoxy) is 1. The van der Waals surface area contributed by atoms with Crippen LogP contribution in [0.3, 0.4) is 0 Å². The number of fused-ring (bicyclic) bond motifs is 1. The fraction of sp³-hybridized carbons (Fsp3) is 0.250. The number of hydrogen-bond donors (Lipinski definition) is 0. The minimum Gasteiger partial charge on any atom is -0.492 e. The molecule has 20 heavy (non-hydrogen) atoms. The van der Waals surface area contributed by atoms with E-state index < -0.39 is 0 Å². The lowest BCUT2D eigenvalue weighted by Crippen LogP contribution is -2.13. The molecule has 3 rings (SSSR count). The monoisotopic (exact) mass is 285 g/mol. The Bertz CT molecular complexity index is 642. The smallest absolute Gasteiger partial charge is 0.172 e. The summed E-state index contributed by atoms with van der Waals surface area (Å²) in [7, 11) is 0. The van der Waals surface area contributed by atoms with E-state index in [2.05, 4.69) is 11.1 Å². The Hall–Kier alpha value is -1.81. The molecule has 1 aromatic carbocycles. The van der Waals surface area contributed by atoms with E-state index in [1.165, 1.54) is 4.90 Å². The van der Waals surface area contributed by atoms with Crippen LogP contribution in [0.1, 0.15) is 28.8 Å². The average molecular weight is 285 g/mol. The maximum Gasteiger partial charge on any atom is 0.172 e. The summed E-state index contributed by atoms with van der Waals surface area (Å²) in [5.41, 5.74) is 1.75. The third-order valence-electron chi connectivity index (χ3n) is 3.33. The van der Waals surface area contributed by atoms with Gasteiger partial charge in [0, 0.05) is 22.4 Å². The van der Waals surface area contributed by atoms with E-state index in [1.807, 2.05) is 25.1 Å². The van der Waals surface area contributed by atoms with E-state index >= 15 is 0 Å². The molecule has 0 aliphatic carbocycles. The van der Waals surface area contributed by atoms with Crippen molar-refractivity contribution >= 4 is 17.5 Å². The third kappa shape index (κ3) is 2.43. The predicted octanol–water partition coefficient (Wildman–Crippen LogP) is 3.55. The molecule has 0 saturated heterocycles. The maximum absolute atomic E-state index is 12.7. The second-order valence-corrected chi connectivity index (χ2v) is 5.67. The highest BCUT2D eigenvalue weighted by atomic mass is 32.2. The first-order chi connectivity index (χ1) is 9.79. The number of carbonyl (C=O) groups is 1. The van der Waals surface area contributed by atoms with Crippen LogP contribution in [-0.2, 0) is 0 Å². The number of benzene rings is 1. The maximum atomic E-state index is 12.7. The van der Waals surface area contributed by atoms with Gasteiger partial charge in [0.25, 0.3) is 0 Å². The molecule has 0 spiro atoms.